The van der Waals surface area contributed by atoms with Crippen molar-refractivity contribution in [3.63, 3.8) is 0 Å². The molecule has 1 fully saturated rings. The Labute approximate surface area is 133 Å². The highest BCUT2D eigenvalue weighted by Crippen LogP contribution is 2.39. The number of thioether (sulfide) groups is 1. The van der Waals surface area contributed by atoms with Gasteiger partial charge in [0.25, 0.3) is 5.22 Å². The summed E-state index contributed by atoms with van der Waals surface area (Å²) in [5, 5.41) is 0.525. The Morgan fingerprint density at radius 3 is 3.05 bits per heavy atom. The van der Waals surface area contributed by atoms with Gasteiger partial charge in [-0.25, -0.2) is 4.98 Å². The van der Waals surface area contributed by atoms with E-state index < -0.39 is 0 Å². The second-order valence-corrected chi connectivity index (χ2v) is 6.99. The van der Waals surface area contributed by atoms with Crippen molar-refractivity contribution in [2.45, 2.75) is 42.2 Å². The maximum atomic E-state index is 12.8. The predicted octanol–water partition coefficient (Wildman–Crippen LogP) is 3.45. The SMILES string of the molecule is O=C1C(Sc2ncco2)CCN1C1CCCc2ccccc21. The van der Waals surface area contributed by atoms with Crippen LogP contribution in [0.25, 0.3) is 0 Å². The molecule has 2 aromatic rings. The average Bonchev–Trinajstić information content (AvgIpc) is 3.18. The summed E-state index contributed by atoms with van der Waals surface area (Å²) in [6, 6.07) is 8.79. The van der Waals surface area contributed by atoms with Crippen LogP contribution in [0.4, 0.5) is 0 Å². The number of benzene rings is 1. The number of carbonyl (C=O) groups is 1. The normalized spacial score (nSPS) is 24.5. The van der Waals surface area contributed by atoms with E-state index >= 15 is 0 Å². The molecule has 0 N–H and O–H groups in total. The van der Waals surface area contributed by atoms with Gasteiger partial charge in [0.05, 0.1) is 17.5 Å². The molecule has 1 aliphatic carbocycles. The Kier molecular flexibility index (Phi) is 3.66. The number of aromatic nitrogens is 1. The number of hydrogen-bond acceptors (Lipinski definition) is 4. The molecule has 0 saturated carbocycles. The molecule has 4 rings (SSSR count). The van der Waals surface area contributed by atoms with Crippen molar-refractivity contribution in [1.82, 2.24) is 9.88 Å². The molecule has 2 atom stereocenters. The van der Waals surface area contributed by atoms with Gasteiger partial charge in [-0.15, -0.1) is 0 Å². The highest BCUT2D eigenvalue weighted by atomic mass is 32.2. The third kappa shape index (κ3) is 2.43. The Morgan fingerprint density at radius 1 is 1.27 bits per heavy atom. The molecule has 22 heavy (non-hydrogen) atoms. The molecule has 2 aliphatic rings. The lowest BCUT2D eigenvalue weighted by molar-refractivity contribution is -0.129. The molecule has 0 radical (unpaired) electrons. The van der Waals surface area contributed by atoms with E-state index in [0.29, 0.717) is 5.22 Å². The van der Waals surface area contributed by atoms with Gasteiger partial charge in [-0.05, 0) is 36.8 Å². The van der Waals surface area contributed by atoms with Crippen LogP contribution < -0.4 is 0 Å². The first-order valence-corrected chi connectivity index (χ1v) is 8.65. The van der Waals surface area contributed by atoms with Crippen LogP contribution in [-0.4, -0.2) is 27.6 Å². The third-order valence-corrected chi connectivity index (χ3v) is 5.68. The average molecular weight is 314 g/mol. The Morgan fingerprint density at radius 2 is 2.18 bits per heavy atom. The van der Waals surface area contributed by atoms with E-state index in [2.05, 4.69) is 34.1 Å². The Bertz CT molecular complexity index is 671. The van der Waals surface area contributed by atoms with Gasteiger partial charge >= 0.3 is 0 Å². The number of rotatable bonds is 3. The van der Waals surface area contributed by atoms with E-state index in [-0.39, 0.29) is 17.2 Å². The van der Waals surface area contributed by atoms with Crippen LogP contribution in [0.5, 0.6) is 0 Å². The molecule has 1 amide bonds. The van der Waals surface area contributed by atoms with Crippen LogP contribution in [0.3, 0.4) is 0 Å². The van der Waals surface area contributed by atoms with Gasteiger partial charge in [-0.2, -0.15) is 0 Å². The van der Waals surface area contributed by atoms with Gasteiger partial charge in [0.2, 0.25) is 5.91 Å². The third-order valence-electron chi connectivity index (χ3n) is 4.56. The molecule has 1 aromatic carbocycles. The van der Waals surface area contributed by atoms with Crippen LogP contribution in [0.1, 0.15) is 36.4 Å². The van der Waals surface area contributed by atoms with Gasteiger partial charge in [0.15, 0.2) is 0 Å². The number of fused-ring (bicyclic) bond motifs is 1. The number of likely N-dealkylation sites (tertiary alicyclic amines) is 1. The summed E-state index contributed by atoms with van der Waals surface area (Å²) < 4.78 is 5.26. The van der Waals surface area contributed by atoms with Crippen LogP contribution in [0.15, 0.2) is 46.4 Å². The molecule has 0 bridgehead atoms. The zero-order chi connectivity index (χ0) is 14.9. The fourth-order valence-corrected chi connectivity index (χ4v) is 4.47. The van der Waals surface area contributed by atoms with Gasteiger partial charge < -0.3 is 9.32 Å². The van der Waals surface area contributed by atoms with E-state index in [9.17, 15) is 4.79 Å². The number of amides is 1. The zero-order valence-corrected chi connectivity index (χ0v) is 13.1. The summed E-state index contributed by atoms with van der Waals surface area (Å²) in [6.07, 6.45) is 7.39. The lowest BCUT2D eigenvalue weighted by atomic mass is 9.87. The number of hydrogen-bond donors (Lipinski definition) is 0. The molecule has 5 heteroatoms. The second-order valence-electron chi connectivity index (χ2n) is 5.83. The molecular formula is C17H18N2O2S. The number of carbonyl (C=O) groups excluding carboxylic acids is 1. The molecule has 1 saturated heterocycles. The Balaban J connectivity index is 1.54. The summed E-state index contributed by atoms with van der Waals surface area (Å²) in [5.41, 5.74) is 2.74. The van der Waals surface area contributed by atoms with Crippen molar-refractivity contribution in [3.05, 3.63) is 47.9 Å². The van der Waals surface area contributed by atoms with Crippen LogP contribution >= 0.6 is 11.8 Å². The molecule has 114 valence electrons. The van der Waals surface area contributed by atoms with Crippen LogP contribution in [0, 0.1) is 0 Å². The molecule has 2 unspecified atom stereocenters. The predicted molar refractivity (Wildman–Crippen MR) is 84.6 cm³/mol. The van der Waals surface area contributed by atoms with Crippen molar-refractivity contribution in [3.8, 4) is 0 Å². The standard InChI is InChI=1S/C17H18N2O2S/c20-16-15(22-17-18-9-11-21-17)8-10-19(16)14-7-3-5-12-4-1-2-6-13(12)14/h1-2,4,6,9,11,14-15H,3,5,7-8,10H2. The molecule has 0 spiro atoms. The summed E-state index contributed by atoms with van der Waals surface area (Å²) in [6.45, 7) is 0.830. The largest absolute Gasteiger partial charge is 0.440 e. The van der Waals surface area contributed by atoms with Gasteiger partial charge in [0.1, 0.15) is 6.26 Å². The quantitative estimate of drug-likeness (QED) is 0.870. The van der Waals surface area contributed by atoms with Crippen LogP contribution in [-0.2, 0) is 11.2 Å². The first-order valence-electron chi connectivity index (χ1n) is 7.77. The van der Waals surface area contributed by atoms with E-state index in [1.807, 2.05) is 0 Å². The molecular weight excluding hydrogens is 296 g/mol. The zero-order valence-electron chi connectivity index (χ0n) is 12.3. The van der Waals surface area contributed by atoms with E-state index in [1.54, 1.807) is 12.5 Å². The summed E-state index contributed by atoms with van der Waals surface area (Å²) in [5.74, 6) is 0.227. The minimum atomic E-state index is -0.0623. The maximum absolute atomic E-state index is 12.8. The highest BCUT2D eigenvalue weighted by molar-refractivity contribution is 8.00. The smallest absolute Gasteiger partial charge is 0.256 e. The first-order chi connectivity index (χ1) is 10.8. The first kappa shape index (κ1) is 13.9. The number of nitrogens with zero attached hydrogens (tertiary/aromatic N) is 2. The topological polar surface area (TPSA) is 46.3 Å². The summed E-state index contributed by atoms with van der Waals surface area (Å²) in [4.78, 5) is 19.0. The number of aryl methyl sites for hydroxylation is 1. The second kappa shape index (κ2) is 5.80. The summed E-state index contributed by atoms with van der Waals surface area (Å²) in [7, 11) is 0. The Hall–Kier alpha value is -1.75. The fourth-order valence-electron chi connectivity index (χ4n) is 3.54. The van der Waals surface area contributed by atoms with Crippen molar-refractivity contribution in [1.29, 1.82) is 0 Å². The highest BCUT2D eigenvalue weighted by Gasteiger charge is 2.38. The lowest BCUT2D eigenvalue weighted by Gasteiger charge is -2.33. The monoisotopic (exact) mass is 314 g/mol. The van der Waals surface area contributed by atoms with E-state index in [1.165, 1.54) is 22.9 Å². The van der Waals surface area contributed by atoms with Crippen molar-refractivity contribution < 1.29 is 9.21 Å². The molecule has 4 nitrogen and oxygen atoms in total. The minimum absolute atomic E-state index is 0.0623. The van der Waals surface area contributed by atoms with Gasteiger partial charge in [0, 0.05) is 6.54 Å². The minimum Gasteiger partial charge on any atom is -0.440 e. The van der Waals surface area contributed by atoms with E-state index in [0.717, 1.165) is 32.2 Å². The van der Waals surface area contributed by atoms with Crippen molar-refractivity contribution in [2.24, 2.45) is 0 Å². The molecule has 1 aromatic heterocycles. The fraction of sp³-hybridized carbons (Fsp3) is 0.412. The molecule has 2 heterocycles. The van der Waals surface area contributed by atoms with Gasteiger partial charge in [-0.1, -0.05) is 36.0 Å². The van der Waals surface area contributed by atoms with Crippen molar-refractivity contribution >= 4 is 17.7 Å². The van der Waals surface area contributed by atoms with Crippen LogP contribution in [0.2, 0.25) is 0 Å². The number of oxazole rings is 1. The molecule has 1 aliphatic heterocycles. The maximum Gasteiger partial charge on any atom is 0.256 e. The van der Waals surface area contributed by atoms with Crippen molar-refractivity contribution in [2.75, 3.05) is 6.54 Å². The van der Waals surface area contributed by atoms with Gasteiger partial charge in [-0.3, -0.25) is 4.79 Å². The summed E-state index contributed by atoms with van der Waals surface area (Å²) >= 11 is 1.45. The lowest BCUT2D eigenvalue weighted by Crippen LogP contribution is -2.34. The van der Waals surface area contributed by atoms with E-state index in [4.69, 9.17) is 4.42 Å².